The lowest BCUT2D eigenvalue weighted by Crippen LogP contribution is -2.17. The molecule has 0 aliphatic rings. The van der Waals surface area contributed by atoms with Gasteiger partial charge in [0.05, 0.1) is 23.2 Å². The van der Waals surface area contributed by atoms with Gasteiger partial charge >= 0.3 is 11.9 Å². The first-order valence-corrected chi connectivity index (χ1v) is 8.65. The average Bonchev–Trinajstić information content (AvgIpc) is 2.70. The standard InChI is InChI=1S/C22H17NO6/c24-20(23-19-13-15(21(25)26)8-11-18(19)22(27)28)12-14-6-9-17(10-7-14)29-16-4-2-1-3-5-16/h1-11,13H,12H2,(H,23,24)(H,25,26)(H,27,28). The molecule has 1 amide bonds. The summed E-state index contributed by atoms with van der Waals surface area (Å²) in [7, 11) is 0. The molecule has 3 rings (SSSR count). The van der Waals surface area contributed by atoms with Crippen molar-refractivity contribution in [2.75, 3.05) is 5.32 Å². The van der Waals surface area contributed by atoms with Crippen LogP contribution in [0.2, 0.25) is 0 Å². The summed E-state index contributed by atoms with van der Waals surface area (Å²) in [5.41, 5.74) is 0.322. The zero-order valence-electron chi connectivity index (χ0n) is 15.2. The molecule has 3 aromatic carbocycles. The fraction of sp³-hybridized carbons (Fsp3) is 0.0455. The molecule has 0 unspecified atom stereocenters. The van der Waals surface area contributed by atoms with Crippen LogP contribution in [0, 0.1) is 0 Å². The number of rotatable bonds is 7. The molecule has 0 bridgehead atoms. The summed E-state index contributed by atoms with van der Waals surface area (Å²) in [4.78, 5) is 34.8. The van der Waals surface area contributed by atoms with Crippen molar-refractivity contribution in [1.82, 2.24) is 0 Å². The lowest BCUT2D eigenvalue weighted by molar-refractivity contribution is -0.115. The molecule has 0 radical (unpaired) electrons. The molecule has 0 aliphatic heterocycles. The molecular formula is C22H17NO6. The van der Waals surface area contributed by atoms with E-state index in [1.54, 1.807) is 24.3 Å². The van der Waals surface area contributed by atoms with Crippen molar-refractivity contribution in [1.29, 1.82) is 0 Å². The highest BCUT2D eigenvalue weighted by Gasteiger charge is 2.16. The Bertz CT molecular complexity index is 1040. The molecule has 3 aromatic rings. The summed E-state index contributed by atoms with van der Waals surface area (Å²) in [6, 6.07) is 19.6. The topological polar surface area (TPSA) is 113 Å². The molecule has 7 nitrogen and oxygen atoms in total. The van der Waals surface area contributed by atoms with Crippen LogP contribution >= 0.6 is 0 Å². The second-order valence-electron chi connectivity index (χ2n) is 6.15. The maximum Gasteiger partial charge on any atom is 0.337 e. The van der Waals surface area contributed by atoms with Crippen molar-refractivity contribution < 1.29 is 29.3 Å². The molecule has 146 valence electrons. The van der Waals surface area contributed by atoms with Gasteiger partial charge in [0, 0.05) is 0 Å². The molecule has 3 N–H and O–H groups in total. The number of carbonyl (C=O) groups is 3. The van der Waals surface area contributed by atoms with Gasteiger partial charge in [0.1, 0.15) is 11.5 Å². The van der Waals surface area contributed by atoms with Gasteiger partial charge in [-0.05, 0) is 48.0 Å². The second-order valence-corrected chi connectivity index (χ2v) is 6.15. The smallest absolute Gasteiger partial charge is 0.337 e. The fourth-order valence-electron chi connectivity index (χ4n) is 2.65. The number of anilines is 1. The summed E-state index contributed by atoms with van der Waals surface area (Å²) in [6.07, 6.45) is -0.0119. The van der Waals surface area contributed by atoms with Crippen molar-refractivity contribution >= 4 is 23.5 Å². The predicted octanol–water partition coefficient (Wildman–Crippen LogP) is 4.06. The summed E-state index contributed by atoms with van der Waals surface area (Å²) < 4.78 is 5.69. The zero-order chi connectivity index (χ0) is 20.8. The monoisotopic (exact) mass is 391 g/mol. The van der Waals surface area contributed by atoms with Gasteiger partial charge < -0.3 is 20.3 Å². The summed E-state index contributed by atoms with van der Waals surface area (Å²) in [5, 5.41) is 20.8. The van der Waals surface area contributed by atoms with E-state index in [1.165, 1.54) is 6.07 Å². The van der Waals surface area contributed by atoms with Crippen molar-refractivity contribution in [3.8, 4) is 11.5 Å². The van der Waals surface area contributed by atoms with E-state index in [4.69, 9.17) is 9.84 Å². The van der Waals surface area contributed by atoms with Crippen LogP contribution in [0.5, 0.6) is 11.5 Å². The van der Waals surface area contributed by atoms with Gasteiger partial charge in [-0.1, -0.05) is 30.3 Å². The number of carbonyl (C=O) groups excluding carboxylic acids is 1. The molecule has 29 heavy (non-hydrogen) atoms. The maximum atomic E-state index is 12.3. The van der Waals surface area contributed by atoms with Crippen LogP contribution in [-0.2, 0) is 11.2 Å². The Hall–Kier alpha value is -4.13. The van der Waals surface area contributed by atoms with Crippen LogP contribution in [0.1, 0.15) is 26.3 Å². The molecule has 0 aliphatic carbocycles. The SMILES string of the molecule is O=C(Cc1ccc(Oc2ccccc2)cc1)Nc1cc(C(=O)O)ccc1C(=O)O. The first-order valence-electron chi connectivity index (χ1n) is 8.65. The number of aromatic carboxylic acids is 2. The molecule has 0 aromatic heterocycles. The van der Waals surface area contributed by atoms with E-state index < -0.39 is 17.8 Å². The number of carboxylic acid groups (broad SMARTS) is 2. The van der Waals surface area contributed by atoms with Crippen LogP contribution in [-0.4, -0.2) is 28.1 Å². The number of hydrogen-bond acceptors (Lipinski definition) is 4. The lowest BCUT2D eigenvalue weighted by atomic mass is 10.1. The Morgan fingerprint density at radius 2 is 1.45 bits per heavy atom. The molecule has 7 heteroatoms. The van der Waals surface area contributed by atoms with Crippen LogP contribution in [0.25, 0.3) is 0 Å². The van der Waals surface area contributed by atoms with Gasteiger partial charge in [-0.15, -0.1) is 0 Å². The number of amides is 1. The molecule has 0 saturated heterocycles. The van der Waals surface area contributed by atoms with Crippen LogP contribution in [0.15, 0.2) is 72.8 Å². The van der Waals surface area contributed by atoms with Crippen LogP contribution < -0.4 is 10.1 Å². The van der Waals surface area contributed by atoms with E-state index in [2.05, 4.69) is 5.32 Å². The first-order chi connectivity index (χ1) is 13.9. The van der Waals surface area contributed by atoms with Gasteiger partial charge in [0.25, 0.3) is 0 Å². The van der Waals surface area contributed by atoms with Gasteiger partial charge in [0.2, 0.25) is 5.91 Å². The van der Waals surface area contributed by atoms with Crippen molar-refractivity contribution in [3.63, 3.8) is 0 Å². The Balaban J connectivity index is 1.68. The number of para-hydroxylation sites is 1. The van der Waals surface area contributed by atoms with E-state index in [-0.39, 0.29) is 23.2 Å². The van der Waals surface area contributed by atoms with Crippen LogP contribution in [0.4, 0.5) is 5.69 Å². The summed E-state index contributed by atoms with van der Waals surface area (Å²) in [6.45, 7) is 0. The Kier molecular flexibility index (Phi) is 5.89. The number of benzene rings is 3. The van der Waals surface area contributed by atoms with E-state index >= 15 is 0 Å². The Morgan fingerprint density at radius 3 is 2.07 bits per heavy atom. The van der Waals surface area contributed by atoms with Gasteiger partial charge in [-0.25, -0.2) is 9.59 Å². The number of carboxylic acids is 2. The maximum absolute atomic E-state index is 12.3. The normalized spacial score (nSPS) is 10.2. The third kappa shape index (κ3) is 5.20. The minimum Gasteiger partial charge on any atom is -0.478 e. The molecule has 0 saturated carbocycles. The predicted molar refractivity (Wildman–Crippen MR) is 106 cm³/mol. The van der Waals surface area contributed by atoms with Gasteiger partial charge in [-0.2, -0.15) is 0 Å². The minimum atomic E-state index is -1.26. The zero-order valence-corrected chi connectivity index (χ0v) is 15.2. The van der Waals surface area contributed by atoms with E-state index in [0.29, 0.717) is 17.1 Å². The third-order valence-electron chi connectivity index (χ3n) is 4.04. The molecule has 0 atom stereocenters. The molecule has 0 spiro atoms. The number of hydrogen-bond donors (Lipinski definition) is 3. The van der Waals surface area contributed by atoms with Gasteiger partial charge in [-0.3, -0.25) is 4.79 Å². The summed E-state index contributed by atoms with van der Waals surface area (Å²) >= 11 is 0. The minimum absolute atomic E-state index is 0.0119. The van der Waals surface area contributed by atoms with Crippen LogP contribution in [0.3, 0.4) is 0 Å². The molecule has 0 heterocycles. The second kappa shape index (κ2) is 8.71. The molecule has 0 fully saturated rings. The average molecular weight is 391 g/mol. The van der Waals surface area contributed by atoms with E-state index in [0.717, 1.165) is 12.1 Å². The number of ether oxygens (including phenoxy) is 1. The highest BCUT2D eigenvalue weighted by Crippen LogP contribution is 2.22. The van der Waals surface area contributed by atoms with E-state index in [9.17, 15) is 19.5 Å². The third-order valence-corrected chi connectivity index (χ3v) is 4.04. The summed E-state index contributed by atoms with van der Waals surface area (Å²) in [5.74, 6) is -1.64. The van der Waals surface area contributed by atoms with Gasteiger partial charge in [0.15, 0.2) is 0 Å². The largest absolute Gasteiger partial charge is 0.478 e. The first kappa shape index (κ1) is 19.6. The fourth-order valence-corrected chi connectivity index (χ4v) is 2.65. The lowest BCUT2D eigenvalue weighted by Gasteiger charge is -2.10. The highest BCUT2D eigenvalue weighted by atomic mass is 16.5. The van der Waals surface area contributed by atoms with Crippen molar-refractivity contribution in [2.45, 2.75) is 6.42 Å². The van der Waals surface area contributed by atoms with Crippen molar-refractivity contribution in [3.05, 3.63) is 89.5 Å². The van der Waals surface area contributed by atoms with E-state index in [1.807, 2.05) is 30.3 Å². The Labute approximate surface area is 166 Å². The molecular weight excluding hydrogens is 374 g/mol. The Morgan fingerprint density at radius 1 is 0.793 bits per heavy atom. The quantitative estimate of drug-likeness (QED) is 0.560. The number of nitrogens with one attached hydrogen (secondary N) is 1. The highest BCUT2D eigenvalue weighted by molar-refractivity contribution is 6.03. The van der Waals surface area contributed by atoms with Crippen molar-refractivity contribution in [2.24, 2.45) is 0 Å².